The highest BCUT2D eigenvalue weighted by Gasteiger charge is 2.35. The van der Waals surface area contributed by atoms with E-state index in [4.69, 9.17) is 4.74 Å². The molecule has 0 aromatic carbocycles. The Balaban J connectivity index is 2.55. The van der Waals surface area contributed by atoms with Crippen molar-refractivity contribution in [2.24, 2.45) is 0 Å². The maximum atomic E-state index is 5.25. The molecule has 11 heavy (non-hydrogen) atoms. The molecule has 1 saturated carbocycles. The van der Waals surface area contributed by atoms with Crippen molar-refractivity contribution in [2.75, 3.05) is 27.8 Å². The molecule has 2 heteroatoms. The van der Waals surface area contributed by atoms with Crippen LogP contribution in [0.5, 0.6) is 0 Å². The van der Waals surface area contributed by atoms with Gasteiger partial charge < -0.3 is 9.64 Å². The minimum atomic E-state index is 0.356. The molecule has 2 nitrogen and oxygen atoms in total. The maximum Gasteiger partial charge on any atom is 0.0646 e. The Kier molecular flexibility index (Phi) is 2.90. The number of hydrogen-bond acceptors (Lipinski definition) is 2. The van der Waals surface area contributed by atoms with Crippen LogP contribution in [0.3, 0.4) is 0 Å². The van der Waals surface area contributed by atoms with Crippen molar-refractivity contribution in [1.82, 2.24) is 4.90 Å². The van der Waals surface area contributed by atoms with E-state index in [1.54, 1.807) is 7.11 Å². The van der Waals surface area contributed by atoms with Crippen LogP contribution in [0.15, 0.2) is 0 Å². The first-order valence-corrected chi connectivity index (χ1v) is 4.38. The van der Waals surface area contributed by atoms with Crippen molar-refractivity contribution in [3.05, 3.63) is 0 Å². The van der Waals surface area contributed by atoms with Gasteiger partial charge in [-0.25, -0.2) is 0 Å². The normalized spacial score (nSPS) is 22.9. The summed E-state index contributed by atoms with van der Waals surface area (Å²) < 4.78 is 5.25. The molecule has 0 atom stereocenters. The zero-order valence-corrected chi connectivity index (χ0v) is 7.89. The van der Waals surface area contributed by atoms with Gasteiger partial charge in [0.1, 0.15) is 0 Å². The molecule has 1 fully saturated rings. The predicted molar refractivity (Wildman–Crippen MR) is 46.8 cm³/mol. The molecule has 66 valence electrons. The second-order valence-corrected chi connectivity index (χ2v) is 3.76. The Morgan fingerprint density at radius 1 is 1.27 bits per heavy atom. The van der Waals surface area contributed by atoms with E-state index in [1.807, 2.05) is 0 Å². The second kappa shape index (κ2) is 3.55. The lowest BCUT2D eigenvalue weighted by Crippen LogP contribution is -2.45. The lowest BCUT2D eigenvalue weighted by molar-refractivity contribution is 0.0450. The molecule has 0 N–H and O–H groups in total. The van der Waals surface area contributed by atoms with E-state index in [0.29, 0.717) is 5.54 Å². The van der Waals surface area contributed by atoms with Gasteiger partial charge in [-0.2, -0.15) is 0 Å². The molecule has 0 aliphatic heterocycles. The molecule has 1 rings (SSSR count). The first-order chi connectivity index (χ1) is 5.21. The highest BCUT2D eigenvalue weighted by molar-refractivity contribution is 4.92. The van der Waals surface area contributed by atoms with Gasteiger partial charge in [-0.3, -0.25) is 0 Å². The van der Waals surface area contributed by atoms with E-state index < -0.39 is 0 Å². The zero-order valence-electron chi connectivity index (χ0n) is 7.89. The Labute approximate surface area is 69.5 Å². The number of methoxy groups -OCH3 is 1. The first kappa shape index (κ1) is 9.01. The van der Waals surface area contributed by atoms with Crippen molar-refractivity contribution < 1.29 is 4.74 Å². The predicted octanol–water partition coefficient (Wildman–Crippen LogP) is 1.51. The fourth-order valence-electron chi connectivity index (χ4n) is 2.02. The molecular weight excluding hydrogens is 138 g/mol. The monoisotopic (exact) mass is 157 g/mol. The quantitative estimate of drug-likeness (QED) is 0.615. The molecule has 0 aromatic heterocycles. The average molecular weight is 157 g/mol. The molecule has 0 saturated heterocycles. The smallest absolute Gasteiger partial charge is 0.0646 e. The first-order valence-electron chi connectivity index (χ1n) is 4.38. The number of likely N-dealkylation sites (N-methyl/N-ethyl adjacent to an activating group) is 1. The maximum absolute atomic E-state index is 5.25. The second-order valence-electron chi connectivity index (χ2n) is 3.76. The highest BCUT2D eigenvalue weighted by atomic mass is 16.5. The van der Waals surface area contributed by atoms with Gasteiger partial charge >= 0.3 is 0 Å². The van der Waals surface area contributed by atoms with Crippen LogP contribution >= 0.6 is 0 Å². The minimum Gasteiger partial charge on any atom is -0.383 e. The van der Waals surface area contributed by atoms with E-state index in [9.17, 15) is 0 Å². The Morgan fingerprint density at radius 2 is 1.82 bits per heavy atom. The summed E-state index contributed by atoms with van der Waals surface area (Å²) in [6, 6.07) is 0. The van der Waals surface area contributed by atoms with E-state index >= 15 is 0 Å². The Bertz CT molecular complexity index is 117. The topological polar surface area (TPSA) is 12.5 Å². The van der Waals surface area contributed by atoms with Gasteiger partial charge in [0.15, 0.2) is 0 Å². The summed E-state index contributed by atoms with van der Waals surface area (Å²) in [6.07, 6.45) is 5.32. The number of ether oxygens (including phenoxy) is 1. The minimum absolute atomic E-state index is 0.356. The molecule has 1 aliphatic carbocycles. The van der Waals surface area contributed by atoms with Crippen LogP contribution in [0.4, 0.5) is 0 Å². The van der Waals surface area contributed by atoms with Crippen LogP contribution in [-0.4, -0.2) is 38.3 Å². The summed E-state index contributed by atoms with van der Waals surface area (Å²) in [6.45, 7) is 0.889. The van der Waals surface area contributed by atoms with E-state index in [0.717, 1.165) is 6.61 Å². The fourth-order valence-corrected chi connectivity index (χ4v) is 2.02. The molecule has 0 unspecified atom stereocenters. The third kappa shape index (κ3) is 1.74. The summed E-state index contributed by atoms with van der Waals surface area (Å²) in [5.74, 6) is 0. The lowest BCUT2D eigenvalue weighted by atomic mass is 9.97. The summed E-state index contributed by atoms with van der Waals surface area (Å²) in [4.78, 5) is 2.32. The number of nitrogens with zero attached hydrogens (tertiary/aromatic N) is 1. The number of hydrogen-bond donors (Lipinski definition) is 0. The standard InChI is InChI=1S/C9H19NO/c1-10(2)9(8-11-3)6-4-5-7-9/h4-8H2,1-3H3. The molecule has 0 amide bonds. The van der Waals surface area contributed by atoms with Gasteiger partial charge in [0, 0.05) is 12.6 Å². The Morgan fingerprint density at radius 3 is 2.18 bits per heavy atom. The van der Waals surface area contributed by atoms with Crippen molar-refractivity contribution in [3.8, 4) is 0 Å². The van der Waals surface area contributed by atoms with Crippen LogP contribution < -0.4 is 0 Å². The van der Waals surface area contributed by atoms with Crippen LogP contribution in [0.25, 0.3) is 0 Å². The van der Waals surface area contributed by atoms with Crippen molar-refractivity contribution in [3.63, 3.8) is 0 Å². The molecule has 0 heterocycles. The van der Waals surface area contributed by atoms with Crippen molar-refractivity contribution in [2.45, 2.75) is 31.2 Å². The third-order valence-electron chi connectivity index (χ3n) is 2.90. The summed E-state index contributed by atoms with van der Waals surface area (Å²) in [5.41, 5.74) is 0.356. The van der Waals surface area contributed by atoms with Crippen molar-refractivity contribution >= 4 is 0 Å². The third-order valence-corrected chi connectivity index (χ3v) is 2.90. The average Bonchev–Trinajstić information content (AvgIpc) is 2.38. The van der Waals surface area contributed by atoms with Gasteiger partial charge in [0.2, 0.25) is 0 Å². The van der Waals surface area contributed by atoms with Crippen molar-refractivity contribution in [1.29, 1.82) is 0 Å². The highest BCUT2D eigenvalue weighted by Crippen LogP contribution is 2.33. The molecule has 0 radical (unpaired) electrons. The Hall–Kier alpha value is -0.0800. The lowest BCUT2D eigenvalue weighted by Gasteiger charge is -2.35. The summed E-state index contributed by atoms with van der Waals surface area (Å²) >= 11 is 0. The van der Waals surface area contributed by atoms with Gasteiger partial charge in [0.05, 0.1) is 6.61 Å². The van der Waals surface area contributed by atoms with Gasteiger partial charge in [-0.15, -0.1) is 0 Å². The fraction of sp³-hybridized carbons (Fsp3) is 1.00. The van der Waals surface area contributed by atoms with E-state index in [-0.39, 0.29) is 0 Å². The van der Waals surface area contributed by atoms with Crippen LogP contribution in [0.1, 0.15) is 25.7 Å². The van der Waals surface area contributed by atoms with Crippen LogP contribution in [-0.2, 0) is 4.74 Å². The zero-order chi connectivity index (χ0) is 8.32. The number of rotatable bonds is 3. The van der Waals surface area contributed by atoms with Crippen LogP contribution in [0.2, 0.25) is 0 Å². The summed E-state index contributed by atoms with van der Waals surface area (Å²) in [7, 11) is 6.11. The molecule has 1 aliphatic rings. The van der Waals surface area contributed by atoms with Gasteiger partial charge in [-0.05, 0) is 26.9 Å². The van der Waals surface area contributed by atoms with E-state index in [1.165, 1.54) is 25.7 Å². The van der Waals surface area contributed by atoms with E-state index in [2.05, 4.69) is 19.0 Å². The molecular formula is C9H19NO. The molecule has 0 bridgehead atoms. The molecule has 0 aromatic rings. The SMILES string of the molecule is COCC1(N(C)C)CCCC1. The molecule has 0 spiro atoms. The largest absolute Gasteiger partial charge is 0.383 e. The summed E-state index contributed by atoms with van der Waals surface area (Å²) in [5, 5.41) is 0. The van der Waals surface area contributed by atoms with Gasteiger partial charge in [0.25, 0.3) is 0 Å². The van der Waals surface area contributed by atoms with Crippen LogP contribution in [0, 0.1) is 0 Å². The van der Waals surface area contributed by atoms with Gasteiger partial charge in [-0.1, -0.05) is 12.8 Å².